The van der Waals surface area contributed by atoms with Crippen LogP contribution in [0.5, 0.6) is 0 Å². The fourth-order valence-electron chi connectivity index (χ4n) is 2.63. The lowest BCUT2D eigenvalue weighted by atomic mass is 9.84. The van der Waals surface area contributed by atoms with E-state index in [-0.39, 0.29) is 0 Å². The Labute approximate surface area is 143 Å². The predicted molar refractivity (Wildman–Crippen MR) is 94.2 cm³/mol. The molecule has 0 unspecified atom stereocenters. The Bertz CT molecular complexity index is 807. The highest BCUT2D eigenvalue weighted by Gasteiger charge is 2.50. The van der Waals surface area contributed by atoms with Crippen LogP contribution in [0.1, 0.15) is 44.5 Å². The second-order valence-corrected chi connectivity index (χ2v) is 7.43. The molecular formula is C19H23N4O. The van der Waals surface area contributed by atoms with Crippen LogP contribution >= 0.6 is 0 Å². The number of nitrogens with zero attached hydrogens (tertiary/aromatic N) is 4. The van der Waals surface area contributed by atoms with E-state index in [1.165, 1.54) is 0 Å². The van der Waals surface area contributed by atoms with E-state index in [0.29, 0.717) is 11.5 Å². The molecule has 0 saturated heterocycles. The second kappa shape index (κ2) is 5.38. The number of aryl methyl sites for hydroxylation is 2. The largest absolute Gasteiger partial charge is 0.256 e. The van der Waals surface area contributed by atoms with Gasteiger partial charge in [0.15, 0.2) is 5.84 Å². The van der Waals surface area contributed by atoms with E-state index in [4.69, 9.17) is 4.98 Å². The minimum atomic E-state index is -0.617. The Kier molecular flexibility index (Phi) is 3.72. The molecule has 0 saturated carbocycles. The van der Waals surface area contributed by atoms with Crippen molar-refractivity contribution in [2.45, 2.75) is 52.6 Å². The van der Waals surface area contributed by atoms with E-state index in [1.807, 2.05) is 72.0 Å². The molecule has 2 aromatic heterocycles. The monoisotopic (exact) mass is 323 g/mol. The van der Waals surface area contributed by atoms with Gasteiger partial charge < -0.3 is 0 Å². The summed E-state index contributed by atoms with van der Waals surface area (Å²) in [4.78, 5) is 13.8. The maximum Gasteiger partial charge on any atom is 0.178 e. The smallest absolute Gasteiger partial charge is 0.178 e. The average molecular weight is 323 g/mol. The van der Waals surface area contributed by atoms with Gasteiger partial charge in [-0.3, -0.25) is 9.98 Å². The first-order valence-electron chi connectivity index (χ1n) is 8.12. The Hall–Kier alpha value is -2.27. The zero-order valence-electron chi connectivity index (χ0n) is 15.1. The molecule has 3 rings (SSSR count). The number of hydrogen-bond donors (Lipinski definition) is 0. The Morgan fingerprint density at radius 1 is 0.958 bits per heavy atom. The van der Waals surface area contributed by atoms with Crippen molar-refractivity contribution in [1.29, 1.82) is 0 Å². The molecule has 0 fully saturated rings. The van der Waals surface area contributed by atoms with E-state index in [9.17, 15) is 5.21 Å². The molecule has 0 N–H and O–H groups in total. The Morgan fingerprint density at radius 2 is 1.62 bits per heavy atom. The summed E-state index contributed by atoms with van der Waals surface area (Å²) in [5.74, 6) is 0.400. The highest BCUT2D eigenvalue weighted by molar-refractivity contribution is 6.00. The van der Waals surface area contributed by atoms with Crippen molar-refractivity contribution >= 4 is 5.84 Å². The third-order valence-corrected chi connectivity index (χ3v) is 5.07. The number of aliphatic imine (C=N–C) groups is 1. The molecular weight excluding hydrogens is 300 g/mol. The lowest BCUT2D eigenvalue weighted by Gasteiger charge is -2.35. The summed E-state index contributed by atoms with van der Waals surface area (Å²) in [6.45, 7) is 11.7. The molecule has 24 heavy (non-hydrogen) atoms. The maximum absolute atomic E-state index is 12.8. The quantitative estimate of drug-likeness (QED) is 0.846. The molecule has 0 spiro atoms. The SMILES string of the molecule is Cc1ccc(-c2ccc(C)c(C3=NC(C)(C)C(C)(C)N3[O])n2)nc1. The first-order chi connectivity index (χ1) is 11.1. The summed E-state index contributed by atoms with van der Waals surface area (Å²) >= 11 is 0. The van der Waals surface area contributed by atoms with Gasteiger partial charge in [-0.15, -0.1) is 0 Å². The summed E-state index contributed by atoms with van der Waals surface area (Å²) in [5, 5.41) is 13.8. The third-order valence-electron chi connectivity index (χ3n) is 5.07. The number of aromatic nitrogens is 2. The van der Waals surface area contributed by atoms with Crippen LogP contribution in [0.3, 0.4) is 0 Å². The average Bonchev–Trinajstić information content (AvgIpc) is 2.68. The molecule has 1 aliphatic rings. The molecule has 1 aliphatic heterocycles. The van der Waals surface area contributed by atoms with Gasteiger partial charge in [-0.1, -0.05) is 17.3 Å². The van der Waals surface area contributed by atoms with Gasteiger partial charge in [0.2, 0.25) is 0 Å². The molecule has 2 aromatic rings. The number of hydroxylamine groups is 2. The zero-order valence-corrected chi connectivity index (χ0v) is 15.1. The van der Waals surface area contributed by atoms with Crippen molar-refractivity contribution in [2.75, 3.05) is 0 Å². The molecule has 0 amide bonds. The summed E-state index contributed by atoms with van der Waals surface area (Å²) in [6.07, 6.45) is 1.82. The van der Waals surface area contributed by atoms with E-state index in [1.54, 1.807) is 0 Å². The highest BCUT2D eigenvalue weighted by atomic mass is 16.5. The van der Waals surface area contributed by atoms with Crippen LogP contribution < -0.4 is 0 Å². The van der Waals surface area contributed by atoms with Crippen LogP contribution in [0.2, 0.25) is 0 Å². The molecule has 0 aromatic carbocycles. The van der Waals surface area contributed by atoms with Gasteiger partial charge in [-0.2, -0.15) is 5.06 Å². The molecule has 5 heteroatoms. The van der Waals surface area contributed by atoms with Crippen LogP contribution in [0.4, 0.5) is 0 Å². The highest BCUT2D eigenvalue weighted by Crippen LogP contribution is 2.38. The zero-order chi connectivity index (χ0) is 17.7. The van der Waals surface area contributed by atoms with Gasteiger partial charge in [-0.05, 0) is 64.8 Å². The van der Waals surface area contributed by atoms with Gasteiger partial charge in [0, 0.05) is 6.20 Å². The summed E-state index contributed by atoms with van der Waals surface area (Å²) < 4.78 is 0. The first-order valence-corrected chi connectivity index (χ1v) is 8.12. The standard InChI is InChI=1S/C19H23N4O/c1-12-7-9-14(20-11-12)15-10-8-13(2)16(21-15)17-22-18(3,4)19(5,6)23(17)24/h7-11H,1-6H3. The number of hydrogen-bond acceptors (Lipinski definition) is 4. The predicted octanol–water partition coefficient (Wildman–Crippen LogP) is 3.73. The van der Waals surface area contributed by atoms with Crippen molar-refractivity contribution < 1.29 is 5.21 Å². The topological polar surface area (TPSA) is 61.3 Å². The molecule has 0 bridgehead atoms. The molecule has 0 aliphatic carbocycles. The Balaban J connectivity index is 2.09. The van der Waals surface area contributed by atoms with Crippen LogP contribution in [-0.4, -0.2) is 31.9 Å². The van der Waals surface area contributed by atoms with Crippen molar-refractivity contribution in [1.82, 2.24) is 15.0 Å². The molecule has 5 nitrogen and oxygen atoms in total. The van der Waals surface area contributed by atoms with Crippen LogP contribution in [-0.2, 0) is 5.21 Å². The van der Waals surface area contributed by atoms with E-state index in [0.717, 1.165) is 27.6 Å². The van der Waals surface area contributed by atoms with Crippen molar-refractivity contribution in [2.24, 2.45) is 4.99 Å². The summed E-state index contributed by atoms with van der Waals surface area (Å²) in [5.41, 5.74) is 3.10. The van der Waals surface area contributed by atoms with Gasteiger partial charge in [0.25, 0.3) is 0 Å². The van der Waals surface area contributed by atoms with Crippen LogP contribution in [0.15, 0.2) is 35.5 Å². The van der Waals surface area contributed by atoms with Crippen molar-refractivity contribution in [3.05, 3.63) is 47.3 Å². The maximum atomic E-state index is 12.8. The third kappa shape index (κ3) is 2.49. The minimum absolute atomic E-state index is 0.400. The van der Waals surface area contributed by atoms with Crippen molar-refractivity contribution in [3.8, 4) is 11.4 Å². The molecule has 3 heterocycles. The minimum Gasteiger partial charge on any atom is -0.256 e. The van der Waals surface area contributed by atoms with Crippen molar-refractivity contribution in [3.63, 3.8) is 0 Å². The van der Waals surface area contributed by atoms with Crippen LogP contribution in [0, 0.1) is 13.8 Å². The number of amidine groups is 1. The summed E-state index contributed by atoms with van der Waals surface area (Å²) in [6, 6.07) is 7.84. The normalized spacial score (nSPS) is 18.6. The first kappa shape index (κ1) is 16.6. The number of pyridine rings is 2. The van der Waals surface area contributed by atoms with E-state index in [2.05, 4.69) is 9.98 Å². The van der Waals surface area contributed by atoms with Gasteiger partial charge in [0.05, 0.1) is 22.5 Å². The lowest BCUT2D eigenvalue weighted by molar-refractivity contribution is -0.158. The lowest BCUT2D eigenvalue weighted by Crippen LogP contribution is -2.50. The van der Waals surface area contributed by atoms with Gasteiger partial charge in [-0.25, -0.2) is 4.98 Å². The van der Waals surface area contributed by atoms with Crippen LogP contribution in [0.25, 0.3) is 11.4 Å². The van der Waals surface area contributed by atoms with Gasteiger partial charge in [0.1, 0.15) is 5.69 Å². The number of rotatable bonds is 2. The second-order valence-electron chi connectivity index (χ2n) is 7.43. The fraction of sp³-hybridized carbons (Fsp3) is 0.421. The summed E-state index contributed by atoms with van der Waals surface area (Å²) in [7, 11) is 0. The van der Waals surface area contributed by atoms with Gasteiger partial charge >= 0.3 is 0 Å². The van der Waals surface area contributed by atoms with E-state index < -0.39 is 11.1 Å². The van der Waals surface area contributed by atoms with E-state index >= 15 is 0 Å². The molecule has 1 radical (unpaired) electrons. The Morgan fingerprint density at radius 3 is 2.17 bits per heavy atom. The molecule has 125 valence electrons. The molecule has 0 atom stereocenters. The fourth-order valence-corrected chi connectivity index (χ4v) is 2.63.